The Balaban J connectivity index is 2.11. The van der Waals surface area contributed by atoms with Crippen LogP contribution >= 0.6 is 23.2 Å². The molecule has 0 fully saturated rings. The average molecular weight is 310 g/mol. The van der Waals surface area contributed by atoms with Gasteiger partial charge in [0.1, 0.15) is 0 Å². The van der Waals surface area contributed by atoms with E-state index in [-0.39, 0.29) is 21.5 Å². The number of amides is 1. The van der Waals surface area contributed by atoms with Crippen LogP contribution in [0.25, 0.3) is 0 Å². The molecule has 0 radical (unpaired) electrons. The van der Waals surface area contributed by atoms with Crippen molar-refractivity contribution in [3.63, 3.8) is 0 Å². The summed E-state index contributed by atoms with van der Waals surface area (Å²) < 4.78 is 0. The summed E-state index contributed by atoms with van der Waals surface area (Å²) in [6.07, 6.45) is 1.71. The maximum atomic E-state index is 12.1. The molecular weight excluding hydrogens is 297 g/mol. The maximum Gasteiger partial charge on any atom is 0.253 e. The minimum atomic E-state index is -0.329. The van der Waals surface area contributed by atoms with Crippen molar-refractivity contribution < 1.29 is 4.79 Å². The molecule has 0 spiro atoms. The monoisotopic (exact) mass is 309 g/mol. The van der Waals surface area contributed by atoms with Gasteiger partial charge in [-0.25, -0.2) is 0 Å². The van der Waals surface area contributed by atoms with Gasteiger partial charge in [-0.3, -0.25) is 9.78 Å². The van der Waals surface area contributed by atoms with Crippen molar-refractivity contribution >= 4 is 34.8 Å². The van der Waals surface area contributed by atoms with Gasteiger partial charge in [0, 0.05) is 24.1 Å². The van der Waals surface area contributed by atoms with Crippen molar-refractivity contribution in [3.05, 3.63) is 57.3 Å². The number of nitrogens with zero attached hydrogens (tertiary/aromatic N) is 1. The number of anilines is 1. The maximum absolute atomic E-state index is 12.1. The lowest BCUT2D eigenvalue weighted by molar-refractivity contribution is 0.0951. The summed E-state index contributed by atoms with van der Waals surface area (Å²) in [6.45, 7) is 2.26. The first kappa shape index (κ1) is 14.6. The zero-order valence-corrected chi connectivity index (χ0v) is 12.3. The van der Waals surface area contributed by atoms with E-state index >= 15 is 0 Å². The predicted octanol–water partition coefficient (Wildman–Crippen LogP) is 3.21. The molecule has 4 nitrogen and oxygen atoms in total. The van der Waals surface area contributed by atoms with Crippen LogP contribution in [0.4, 0.5) is 5.69 Å². The van der Waals surface area contributed by atoms with Crippen LogP contribution < -0.4 is 11.1 Å². The summed E-state index contributed by atoms with van der Waals surface area (Å²) in [5.41, 5.74) is 8.13. The molecule has 104 valence electrons. The number of aromatic nitrogens is 1. The number of hydrogen-bond donors (Lipinski definition) is 2. The number of carbonyl (C=O) groups is 1. The van der Waals surface area contributed by atoms with Crippen molar-refractivity contribution in [1.29, 1.82) is 0 Å². The van der Waals surface area contributed by atoms with Crippen LogP contribution in [0, 0.1) is 6.92 Å². The van der Waals surface area contributed by atoms with Crippen molar-refractivity contribution in [2.45, 2.75) is 13.5 Å². The molecule has 0 saturated heterocycles. The van der Waals surface area contributed by atoms with Crippen LogP contribution in [0.5, 0.6) is 0 Å². The molecule has 0 unspecified atom stereocenters. The Morgan fingerprint density at radius 3 is 2.75 bits per heavy atom. The third-order valence-corrected chi connectivity index (χ3v) is 3.52. The number of nitrogen functional groups attached to an aromatic ring is 1. The van der Waals surface area contributed by atoms with Crippen molar-refractivity contribution in [3.8, 4) is 0 Å². The molecule has 0 aliphatic carbocycles. The van der Waals surface area contributed by atoms with Gasteiger partial charge in [0.2, 0.25) is 0 Å². The fourth-order valence-corrected chi connectivity index (χ4v) is 2.08. The van der Waals surface area contributed by atoms with Gasteiger partial charge in [0.25, 0.3) is 5.91 Å². The lowest BCUT2D eigenvalue weighted by atomic mass is 10.1. The standard InChI is InChI=1S/C14H13Cl2N3O/c1-8-2-3-9(6-18-8)7-19-14(20)11-4-10(17)5-12(15)13(11)16/h2-6H,7,17H2,1H3,(H,19,20). The second-order valence-electron chi connectivity index (χ2n) is 4.35. The number of nitrogens with one attached hydrogen (secondary N) is 1. The summed E-state index contributed by atoms with van der Waals surface area (Å²) >= 11 is 11.9. The number of carbonyl (C=O) groups excluding carboxylic acids is 1. The van der Waals surface area contributed by atoms with E-state index in [1.54, 1.807) is 6.20 Å². The Bertz CT molecular complexity index is 642. The molecule has 1 amide bonds. The van der Waals surface area contributed by atoms with Gasteiger partial charge < -0.3 is 11.1 Å². The van der Waals surface area contributed by atoms with Crippen molar-refractivity contribution in [2.75, 3.05) is 5.73 Å². The Hall–Kier alpha value is -1.78. The summed E-state index contributed by atoms with van der Waals surface area (Å²) in [7, 11) is 0. The smallest absolute Gasteiger partial charge is 0.253 e. The van der Waals surface area contributed by atoms with E-state index < -0.39 is 0 Å². The molecular formula is C14H13Cl2N3O. The van der Waals surface area contributed by atoms with Crippen LogP contribution in [0.1, 0.15) is 21.6 Å². The third-order valence-electron chi connectivity index (χ3n) is 2.72. The first-order valence-electron chi connectivity index (χ1n) is 5.91. The fourth-order valence-electron chi connectivity index (χ4n) is 1.66. The molecule has 3 N–H and O–H groups in total. The molecule has 0 bridgehead atoms. The molecule has 0 aliphatic rings. The SMILES string of the molecule is Cc1ccc(CNC(=O)c2cc(N)cc(Cl)c2Cl)cn1. The van der Waals surface area contributed by atoms with Gasteiger partial charge >= 0.3 is 0 Å². The highest BCUT2D eigenvalue weighted by Crippen LogP contribution is 2.28. The lowest BCUT2D eigenvalue weighted by Crippen LogP contribution is -2.23. The normalized spacial score (nSPS) is 10.3. The number of rotatable bonds is 3. The number of aryl methyl sites for hydroxylation is 1. The fraction of sp³-hybridized carbons (Fsp3) is 0.143. The number of hydrogen-bond acceptors (Lipinski definition) is 3. The largest absolute Gasteiger partial charge is 0.399 e. The van der Waals surface area contributed by atoms with E-state index in [4.69, 9.17) is 28.9 Å². The highest BCUT2D eigenvalue weighted by Gasteiger charge is 2.14. The molecule has 2 aromatic rings. The first-order valence-corrected chi connectivity index (χ1v) is 6.67. The highest BCUT2D eigenvalue weighted by molar-refractivity contribution is 6.44. The summed E-state index contributed by atoms with van der Waals surface area (Å²) in [5, 5.41) is 3.21. The van der Waals surface area contributed by atoms with E-state index in [0.29, 0.717) is 12.2 Å². The van der Waals surface area contributed by atoms with Gasteiger partial charge in [-0.2, -0.15) is 0 Å². The summed E-state index contributed by atoms with van der Waals surface area (Å²) in [4.78, 5) is 16.2. The molecule has 0 saturated carbocycles. The second-order valence-corrected chi connectivity index (χ2v) is 5.14. The zero-order valence-electron chi connectivity index (χ0n) is 10.8. The van der Waals surface area contributed by atoms with E-state index in [2.05, 4.69) is 10.3 Å². The van der Waals surface area contributed by atoms with Gasteiger partial charge in [0.15, 0.2) is 0 Å². The van der Waals surface area contributed by atoms with Crippen LogP contribution in [0.15, 0.2) is 30.5 Å². The van der Waals surface area contributed by atoms with Crippen molar-refractivity contribution in [1.82, 2.24) is 10.3 Å². The van der Waals surface area contributed by atoms with E-state index in [1.165, 1.54) is 12.1 Å². The number of benzene rings is 1. The summed E-state index contributed by atoms with van der Waals surface area (Å²) in [6, 6.07) is 6.78. The Kier molecular flexibility index (Phi) is 4.47. The van der Waals surface area contributed by atoms with Crippen LogP contribution in [0.2, 0.25) is 10.0 Å². The number of halogens is 2. The Morgan fingerprint density at radius 2 is 2.10 bits per heavy atom. The molecule has 0 aliphatic heterocycles. The van der Waals surface area contributed by atoms with E-state index in [1.807, 2.05) is 19.1 Å². The molecule has 6 heteroatoms. The molecule has 2 rings (SSSR count). The Labute approximate surface area is 126 Å². The third kappa shape index (κ3) is 3.40. The Morgan fingerprint density at radius 1 is 1.35 bits per heavy atom. The quantitative estimate of drug-likeness (QED) is 0.855. The van der Waals surface area contributed by atoms with Gasteiger partial charge in [-0.1, -0.05) is 29.3 Å². The van der Waals surface area contributed by atoms with Gasteiger partial charge in [0.05, 0.1) is 15.6 Å². The molecule has 1 aromatic carbocycles. The van der Waals surface area contributed by atoms with E-state index in [0.717, 1.165) is 11.3 Å². The highest BCUT2D eigenvalue weighted by atomic mass is 35.5. The van der Waals surface area contributed by atoms with Crippen LogP contribution in [-0.4, -0.2) is 10.9 Å². The number of nitrogens with two attached hydrogens (primary N) is 1. The van der Waals surface area contributed by atoms with Gasteiger partial charge in [-0.05, 0) is 30.7 Å². The van der Waals surface area contributed by atoms with Crippen molar-refractivity contribution in [2.24, 2.45) is 0 Å². The minimum Gasteiger partial charge on any atom is -0.399 e. The average Bonchev–Trinajstić information content (AvgIpc) is 2.42. The summed E-state index contributed by atoms with van der Waals surface area (Å²) in [5.74, 6) is -0.329. The lowest BCUT2D eigenvalue weighted by Gasteiger charge is -2.09. The molecule has 1 aromatic heterocycles. The van der Waals surface area contributed by atoms with E-state index in [9.17, 15) is 4.79 Å². The second kappa shape index (κ2) is 6.11. The number of pyridine rings is 1. The molecule has 1 heterocycles. The minimum absolute atomic E-state index is 0.195. The molecule has 0 atom stereocenters. The predicted molar refractivity (Wildman–Crippen MR) is 81.0 cm³/mol. The van der Waals surface area contributed by atoms with Crippen LogP contribution in [-0.2, 0) is 6.54 Å². The topological polar surface area (TPSA) is 68.0 Å². The zero-order chi connectivity index (χ0) is 14.7. The molecule has 20 heavy (non-hydrogen) atoms. The first-order chi connectivity index (χ1) is 9.47. The van der Waals surface area contributed by atoms with Crippen LogP contribution in [0.3, 0.4) is 0 Å². The van der Waals surface area contributed by atoms with Gasteiger partial charge in [-0.15, -0.1) is 0 Å².